The van der Waals surface area contributed by atoms with Crippen molar-refractivity contribution in [1.82, 2.24) is 5.32 Å². The monoisotopic (exact) mass is 265 g/mol. The Hall–Kier alpha value is -1.26. The van der Waals surface area contributed by atoms with Crippen LogP contribution in [0.1, 0.15) is 31.2 Å². The lowest BCUT2D eigenvalue weighted by atomic mass is 9.92. The van der Waals surface area contributed by atoms with E-state index in [0.29, 0.717) is 6.54 Å². The summed E-state index contributed by atoms with van der Waals surface area (Å²) in [7, 11) is 3.29. The molecule has 1 aliphatic rings. The number of benzene rings is 1. The molecule has 0 spiro atoms. The Morgan fingerprint density at radius 1 is 1.21 bits per heavy atom. The maximum atomic E-state index is 9.96. The van der Waals surface area contributed by atoms with Crippen LogP contribution in [-0.2, 0) is 6.54 Å². The van der Waals surface area contributed by atoms with Crippen molar-refractivity contribution in [3.05, 3.63) is 23.8 Å². The highest BCUT2D eigenvalue weighted by Gasteiger charge is 2.22. The molecule has 19 heavy (non-hydrogen) atoms. The van der Waals surface area contributed by atoms with Crippen molar-refractivity contribution in [1.29, 1.82) is 0 Å². The molecule has 1 fully saturated rings. The molecule has 0 bridgehead atoms. The van der Waals surface area contributed by atoms with Crippen LogP contribution in [0.5, 0.6) is 11.5 Å². The van der Waals surface area contributed by atoms with Crippen molar-refractivity contribution in [3.63, 3.8) is 0 Å². The number of aliphatic hydroxyl groups is 1. The lowest BCUT2D eigenvalue weighted by molar-refractivity contribution is 0.0901. The molecule has 1 saturated carbocycles. The third kappa shape index (κ3) is 3.39. The average molecular weight is 265 g/mol. The molecule has 0 aliphatic heterocycles. The number of nitrogens with one attached hydrogen (secondary N) is 1. The molecular weight excluding hydrogens is 242 g/mol. The third-order valence-electron chi connectivity index (χ3n) is 3.77. The Morgan fingerprint density at radius 2 is 2.00 bits per heavy atom. The Labute approximate surface area is 114 Å². The van der Waals surface area contributed by atoms with E-state index < -0.39 is 0 Å². The standard InChI is InChI=1S/C15H23NO3/c1-18-14-9-5-6-11(15(14)19-2)10-16-12-7-3-4-8-13(12)17/h5-6,9,12-13,16-17H,3-4,7-8,10H2,1-2H3/t12-,13+/m0/s1. The van der Waals surface area contributed by atoms with E-state index in [2.05, 4.69) is 5.32 Å². The van der Waals surface area contributed by atoms with Gasteiger partial charge in [-0.2, -0.15) is 0 Å². The summed E-state index contributed by atoms with van der Waals surface area (Å²) in [5.74, 6) is 1.51. The van der Waals surface area contributed by atoms with Crippen LogP contribution in [0.3, 0.4) is 0 Å². The molecule has 2 N–H and O–H groups in total. The van der Waals surface area contributed by atoms with Gasteiger partial charge in [0.1, 0.15) is 0 Å². The molecule has 2 rings (SSSR count). The van der Waals surface area contributed by atoms with E-state index in [1.54, 1.807) is 14.2 Å². The minimum absolute atomic E-state index is 0.185. The summed E-state index contributed by atoms with van der Waals surface area (Å²) in [4.78, 5) is 0. The first-order chi connectivity index (χ1) is 9.26. The minimum Gasteiger partial charge on any atom is -0.493 e. The van der Waals surface area contributed by atoms with Gasteiger partial charge in [-0.25, -0.2) is 0 Å². The van der Waals surface area contributed by atoms with Gasteiger partial charge in [-0.1, -0.05) is 25.0 Å². The average Bonchev–Trinajstić information content (AvgIpc) is 2.45. The van der Waals surface area contributed by atoms with Gasteiger partial charge in [0.2, 0.25) is 0 Å². The number of hydrogen-bond acceptors (Lipinski definition) is 4. The predicted octanol–water partition coefficient (Wildman–Crippen LogP) is 2.10. The van der Waals surface area contributed by atoms with Crippen LogP contribution in [0.2, 0.25) is 0 Å². The molecular formula is C15H23NO3. The van der Waals surface area contributed by atoms with Crippen molar-refractivity contribution in [2.45, 2.75) is 44.4 Å². The van der Waals surface area contributed by atoms with Crippen molar-refractivity contribution in [2.75, 3.05) is 14.2 Å². The molecule has 106 valence electrons. The summed E-state index contributed by atoms with van der Waals surface area (Å²) >= 11 is 0. The topological polar surface area (TPSA) is 50.7 Å². The van der Waals surface area contributed by atoms with Crippen molar-refractivity contribution in [3.8, 4) is 11.5 Å². The maximum Gasteiger partial charge on any atom is 0.165 e. The fourth-order valence-corrected chi connectivity index (χ4v) is 2.68. The lowest BCUT2D eigenvalue weighted by Gasteiger charge is -2.28. The van der Waals surface area contributed by atoms with Gasteiger partial charge in [-0.15, -0.1) is 0 Å². The summed E-state index contributed by atoms with van der Waals surface area (Å²) in [6.45, 7) is 0.683. The SMILES string of the molecule is COc1cccc(CN[C@H]2CCCC[C@H]2O)c1OC. The zero-order valence-corrected chi connectivity index (χ0v) is 11.7. The second kappa shape index (κ2) is 6.78. The van der Waals surface area contributed by atoms with Crippen molar-refractivity contribution in [2.24, 2.45) is 0 Å². The van der Waals surface area contributed by atoms with E-state index in [4.69, 9.17) is 9.47 Å². The molecule has 2 atom stereocenters. The summed E-state index contributed by atoms with van der Waals surface area (Å²) in [5.41, 5.74) is 1.06. The van der Waals surface area contributed by atoms with Crippen LogP contribution in [0.4, 0.5) is 0 Å². The van der Waals surface area contributed by atoms with Gasteiger partial charge in [0.15, 0.2) is 11.5 Å². The van der Waals surface area contributed by atoms with E-state index in [-0.39, 0.29) is 12.1 Å². The summed E-state index contributed by atoms with van der Waals surface area (Å²) in [6.07, 6.45) is 4.01. The molecule has 0 saturated heterocycles. The van der Waals surface area contributed by atoms with Crippen molar-refractivity contribution < 1.29 is 14.6 Å². The normalized spacial score (nSPS) is 23.1. The van der Waals surface area contributed by atoms with Crippen LogP contribution in [-0.4, -0.2) is 31.5 Å². The molecule has 0 amide bonds. The first-order valence-electron chi connectivity index (χ1n) is 6.87. The van der Waals surface area contributed by atoms with Crippen LogP contribution in [0.25, 0.3) is 0 Å². The molecule has 1 aliphatic carbocycles. The summed E-state index contributed by atoms with van der Waals surface area (Å²) in [6, 6.07) is 6.04. The Morgan fingerprint density at radius 3 is 2.68 bits per heavy atom. The van der Waals surface area contributed by atoms with Crippen LogP contribution >= 0.6 is 0 Å². The largest absolute Gasteiger partial charge is 0.493 e. The van der Waals surface area contributed by atoms with Gasteiger partial charge >= 0.3 is 0 Å². The predicted molar refractivity (Wildman–Crippen MR) is 74.6 cm³/mol. The zero-order chi connectivity index (χ0) is 13.7. The third-order valence-corrected chi connectivity index (χ3v) is 3.77. The zero-order valence-electron chi connectivity index (χ0n) is 11.7. The van der Waals surface area contributed by atoms with Crippen LogP contribution < -0.4 is 14.8 Å². The lowest BCUT2D eigenvalue weighted by Crippen LogP contribution is -2.41. The smallest absolute Gasteiger partial charge is 0.165 e. The molecule has 0 aromatic heterocycles. The number of rotatable bonds is 5. The maximum absolute atomic E-state index is 9.96. The molecule has 1 aromatic rings. The van der Waals surface area contributed by atoms with E-state index >= 15 is 0 Å². The summed E-state index contributed by atoms with van der Waals surface area (Å²) < 4.78 is 10.7. The van der Waals surface area contributed by atoms with Gasteiger partial charge in [0.05, 0.1) is 20.3 Å². The van der Waals surface area contributed by atoms with Gasteiger partial charge in [-0.3, -0.25) is 0 Å². The van der Waals surface area contributed by atoms with Crippen molar-refractivity contribution >= 4 is 0 Å². The fourth-order valence-electron chi connectivity index (χ4n) is 2.68. The Bertz CT molecular complexity index is 408. The van der Waals surface area contributed by atoms with Crippen LogP contribution in [0, 0.1) is 0 Å². The number of ether oxygens (including phenoxy) is 2. The molecule has 0 radical (unpaired) electrons. The Balaban J connectivity index is 2.02. The first-order valence-corrected chi connectivity index (χ1v) is 6.87. The minimum atomic E-state index is -0.231. The second-order valence-electron chi connectivity index (χ2n) is 4.99. The van der Waals surface area contributed by atoms with Gasteiger partial charge < -0.3 is 19.9 Å². The highest BCUT2D eigenvalue weighted by atomic mass is 16.5. The Kier molecular flexibility index (Phi) is 5.05. The van der Waals surface area contributed by atoms with E-state index in [1.165, 1.54) is 6.42 Å². The summed E-state index contributed by atoms with van der Waals surface area (Å²) in [5, 5.41) is 13.4. The first kappa shape index (κ1) is 14.2. The van der Waals surface area contributed by atoms with E-state index in [1.807, 2.05) is 18.2 Å². The number of aliphatic hydroxyl groups excluding tert-OH is 1. The molecule has 4 nitrogen and oxygen atoms in total. The van der Waals surface area contributed by atoms with E-state index in [9.17, 15) is 5.11 Å². The highest BCUT2D eigenvalue weighted by Crippen LogP contribution is 2.30. The molecule has 4 heteroatoms. The molecule has 1 aromatic carbocycles. The van der Waals surface area contributed by atoms with Gasteiger partial charge in [0, 0.05) is 18.2 Å². The quantitative estimate of drug-likeness (QED) is 0.856. The highest BCUT2D eigenvalue weighted by molar-refractivity contribution is 5.46. The number of hydrogen-bond donors (Lipinski definition) is 2. The second-order valence-corrected chi connectivity index (χ2v) is 4.99. The molecule has 0 unspecified atom stereocenters. The fraction of sp³-hybridized carbons (Fsp3) is 0.600. The molecule has 0 heterocycles. The van der Waals surface area contributed by atoms with Gasteiger partial charge in [-0.05, 0) is 18.9 Å². The number of methoxy groups -OCH3 is 2. The number of para-hydroxylation sites is 1. The van der Waals surface area contributed by atoms with Crippen LogP contribution in [0.15, 0.2) is 18.2 Å². The van der Waals surface area contributed by atoms with Gasteiger partial charge in [0.25, 0.3) is 0 Å². The van der Waals surface area contributed by atoms with E-state index in [0.717, 1.165) is 36.3 Å².